The Bertz CT molecular complexity index is 459. The smallest absolute Gasteiger partial charge is 0.144 e. The largest absolute Gasteiger partial charge is 0.374 e. The number of halogens is 4. The third-order valence-corrected chi connectivity index (χ3v) is 4.64. The highest BCUT2D eigenvalue weighted by Gasteiger charge is 2.27. The van der Waals surface area contributed by atoms with Crippen LogP contribution >= 0.6 is 31.9 Å². The van der Waals surface area contributed by atoms with Gasteiger partial charge in [0.2, 0.25) is 0 Å². The first-order valence-corrected chi connectivity index (χ1v) is 7.98. The number of morpholine rings is 1. The maximum Gasteiger partial charge on any atom is 0.144 e. The topological polar surface area (TPSA) is 12.5 Å². The molecule has 1 aliphatic rings. The first-order valence-electron chi connectivity index (χ1n) is 6.07. The highest BCUT2D eigenvalue weighted by Crippen LogP contribution is 2.25. The molecule has 19 heavy (non-hydrogen) atoms. The lowest BCUT2D eigenvalue weighted by molar-refractivity contribution is -0.0506. The quantitative estimate of drug-likeness (QED) is 0.568. The van der Waals surface area contributed by atoms with Gasteiger partial charge in [-0.1, -0.05) is 15.9 Å². The van der Waals surface area contributed by atoms with Gasteiger partial charge in [-0.3, -0.25) is 4.90 Å². The zero-order chi connectivity index (χ0) is 14.0. The summed E-state index contributed by atoms with van der Waals surface area (Å²) in [4.78, 5) is 2.04. The first-order chi connectivity index (χ1) is 9.02. The molecule has 0 amide bonds. The fourth-order valence-electron chi connectivity index (χ4n) is 2.11. The Hall–Kier alpha value is -0.0400. The molecule has 1 fully saturated rings. The van der Waals surface area contributed by atoms with Gasteiger partial charge in [-0.2, -0.15) is 0 Å². The number of benzene rings is 1. The van der Waals surface area contributed by atoms with Crippen molar-refractivity contribution < 1.29 is 13.5 Å². The van der Waals surface area contributed by atoms with E-state index in [4.69, 9.17) is 4.74 Å². The molecule has 2 unspecified atom stereocenters. The number of alkyl halides is 1. The van der Waals surface area contributed by atoms with Crippen LogP contribution in [-0.4, -0.2) is 35.5 Å². The van der Waals surface area contributed by atoms with Crippen molar-refractivity contribution in [1.29, 1.82) is 0 Å². The Labute approximate surface area is 128 Å². The van der Waals surface area contributed by atoms with E-state index in [1.54, 1.807) is 0 Å². The molecule has 0 spiro atoms. The SMILES string of the molecule is CC1COC(CBr)CN1Cc1c(F)ccc(Br)c1F. The lowest BCUT2D eigenvalue weighted by Crippen LogP contribution is -2.48. The molecule has 0 N–H and O–H groups in total. The minimum absolute atomic E-state index is 0.0643. The second-order valence-electron chi connectivity index (χ2n) is 4.71. The third-order valence-electron chi connectivity index (χ3n) is 3.31. The maximum atomic E-state index is 14.0. The molecule has 0 saturated carbocycles. The summed E-state index contributed by atoms with van der Waals surface area (Å²) >= 11 is 6.47. The van der Waals surface area contributed by atoms with Gasteiger partial charge in [-0.05, 0) is 35.0 Å². The molecule has 0 aliphatic carbocycles. The molecule has 2 nitrogen and oxygen atoms in total. The normalized spacial score (nSPS) is 24.7. The van der Waals surface area contributed by atoms with Crippen LogP contribution < -0.4 is 0 Å². The summed E-state index contributed by atoms with van der Waals surface area (Å²) in [6.45, 7) is 3.49. The molecule has 6 heteroatoms. The van der Waals surface area contributed by atoms with Gasteiger partial charge < -0.3 is 4.74 Å². The highest BCUT2D eigenvalue weighted by molar-refractivity contribution is 9.10. The van der Waals surface area contributed by atoms with Gasteiger partial charge in [0.15, 0.2) is 0 Å². The number of hydrogen-bond acceptors (Lipinski definition) is 2. The number of nitrogens with zero attached hydrogens (tertiary/aromatic N) is 1. The molecule has 1 aromatic rings. The van der Waals surface area contributed by atoms with Gasteiger partial charge in [0.1, 0.15) is 11.6 Å². The van der Waals surface area contributed by atoms with Crippen LogP contribution in [0.5, 0.6) is 0 Å². The average Bonchev–Trinajstić information content (AvgIpc) is 2.41. The Morgan fingerprint density at radius 3 is 2.84 bits per heavy atom. The summed E-state index contributed by atoms with van der Waals surface area (Å²) in [6.07, 6.45) is 0.0643. The predicted octanol–water partition coefficient (Wildman–Crippen LogP) is 3.71. The molecule has 1 aliphatic heterocycles. The Morgan fingerprint density at radius 2 is 2.16 bits per heavy atom. The molecule has 1 aromatic carbocycles. The standard InChI is InChI=1S/C13H15Br2F2NO/c1-8-7-19-9(4-14)5-18(8)6-10-12(16)3-2-11(15)13(10)17/h2-3,8-9H,4-7H2,1H3. The molecular weight excluding hydrogens is 384 g/mol. The van der Waals surface area contributed by atoms with E-state index in [1.807, 2.05) is 11.8 Å². The highest BCUT2D eigenvalue weighted by atomic mass is 79.9. The van der Waals surface area contributed by atoms with E-state index < -0.39 is 11.6 Å². The molecule has 106 valence electrons. The van der Waals surface area contributed by atoms with Gasteiger partial charge in [0.05, 0.1) is 17.2 Å². The summed E-state index contributed by atoms with van der Waals surface area (Å²) in [5, 5.41) is 0.722. The maximum absolute atomic E-state index is 14.0. The van der Waals surface area contributed by atoms with Crippen molar-refractivity contribution in [2.24, 2.45) is 0 Å². The Balaban J connectivity index is 2.18. The summed E-state index contributed by atoms with van der Waals surface area (Å²) in [7, 11) is 0. The molecular formula is C13H15Br2F2NO. The number of hydrogen-bond donors (Lipinski definition) is 0. The van der Waals surface area contributed by atoms with Crippen molar-refractivity contribution in [2.75, 3.05) is 18.5 Å². The monoisotopic (exact) mass is 397 g/mol. The van der Waals surface area contributed by atoms with Crippen LogP contribution in [0.2, 0.25) is 0 Å². The van der Waals surface area contributed by atoms with Crippen LogP contribution in [0.15, 0.2) is 16.6 Å². The van der Waals surface area contributed by atoms with Crippen molar-refractivity contribution in [3.8, 4) is 0 Å². The molecule has 1 saturated heterocycles. The summed E-state index contributed by atoms with van der Waals surface area (Å²) in [5.41, 5.74) is 0.108. The Kier molecular flexibility index (Phi) is 5.34. The van der Waals surface area contributed by atoms with Crippen molar-refractivity contribution in [3.63, 3.8) is 0 Å². The van der Waals surface area contributed by atoms with Crippen molar-refractivity contribution in [1.82, 2.24) is 4.90 Å². The van der Waals surface area contributed by atoms with Crippen LogP contribution in [-0.2, 0) is 11.3 Å². The van der Waals surface area contributed by atoms with Crippen LogP contribution in [0.3, 0.4) is 0 Å². The van der Waals surface area contributed by atoms with E-state index in [9.17, 15) is 8.78 Å². The van der Waals surface area contributed by atoms with E-state index >= 15 is 0 Å². The van der Waals surface area contributed by atoms with Crippen LogP contribution in [0.4, 0.5) is 8.78 Å². The van der Waals surface area contributed by atoms with E-state index in [0.29, 0.717) is 17.6 Å². The average molecular weight is 399 g/mol. The molecule has 0 bridgehead atoms. The predicted molar refractivity (Wildman–Crippen MR) is 77.5 cm³/mol. The lowest BCUT2D eigenvalue weighted by Gasteiger charge is -2.37. The third kappa shape index (κ3) is 3.54. The molecule has 0 radical (unpaired) electrons. The van der Waals surface area contributed by atoms with Crippen molar-refractivity contribution in [2.45, 2.75) is 25.6 Å². The molecule has 2 rings (SSSR count). The van der Waals surface area contributed by atoms with Crippen LogP contribution in [0.1, 0.15) is 12.5 Å². The zero-order valence-corrected chi connectivity index (χ0v) is 13.7. The fraction of sp³-hybridized carbons (Fsp3) is 0.538. The van der Waals surface area contributed by atoms with Gasteiger partial charge in [-0.25, -0.2) is 8.78 Å². The second-order valence-corrected chi connectivity index (χ2v) is 6.21. The summed E-state index contributed by atoms with van der Waals surface area (Å²) in [6, 6.07) is 2.82. The molecule has 0 aromatic heterocycles. The van der Waals surface area contributed by atoms with Gasteiger partial charge in [-0.15, -0.1) is 0 Å². The number of ether oxygens (including phenoxy) is 1. The number of rotatable bonds is 3. The first kappa shape index (κ1) is 15.4. The van der Waals surface area contributed by atoms with Gasteiger partial charge in [0, 0.05) is 30.0 Å². The summed E-state index contributed by atoms with van der Waals surface area (Å²) < 4.78 is 33.6. The van der Waals surface area contributed by atoms with Crippen LogP contribution in [0.25, 0.3) is 0 Å². The minimum atomic E-state index is -0.519. The minimum Gasteiger partial charge on any atom is -0.374 e. The summed E-state index contributed by atoms with van der Waals surface area (Å²) in [5.74, 6) is -1.02. The van der Waals surface area contributed by atoms with Crippen molar-refractivity contribution in [3.05, 3.63) is 33.8 Å². The lowest BCUT2D eigenvalue weighted by atomic mass is 10.1. The van der Waals surface area contributed by atoms with E-state index in [0.717, 1.165) is 5.33 Å². The van der Waals surface area contributed by atoms with E-state index in [2.05, 4.69) is 31.9 Å². The molecule has 1 heterocycles. The zero-order valence-electron chi connectivity index (χ0n) is 10.5. The second kappa shape index (κ2) is 6.61. The van der Waals surface area contributed by atoms with E-state index in [-0.39, 0.29) is 24.3 Å². The van der Waals surface area contributed by atoms with Gasteiger partial charge in [0.25, 0.3) is 0 Å². The Morgan fingerprint density at radius 1 is 1.42 bits per heavy atom. The fourth-order valence-corrected chi connectivity index (χ4v) is 2.87. The van der Waals surface area contributed by atoms with Gasteiger partial charge >= 0.3 is 0 Å². The van der Waals surface area contributed by atoms with E-state index in [1.165, 1.54) is 12.1 Å². The molecule has 2 atom stereocenters. The van der Waals surface area contributed by atoms with Crippen LogP contribution in [0, 0.1) is 11.6 Å². The van der Waals surface area contributed by atoms with Crippen molar-refractivity contribution >= 4 is 31.9 Å².